The fourth-order valence-corrected chi connectivity index (χ4v) is 2.64. The zero-order valence-corrected chi connectivity index (χ0v) is 11.5. The Morgan fingerprint density at radius 2 is 2.30 bits per heavy atom. The van der Waals surface area contributed by atoms with Crippen LogP contribution in [-0.4, -0.2) is 44.6 Å². The Morgan fingerprint density at radius 3 is 2.90 bits per heavy atom. The van der Waals surface area contributed by atoms with Crippen LogP contribution in [0.5, 0.6) is 0 Å². The van der Waals surface area contributed by atoms with Gasteiger partial charge in [0.15, 0.2) is 0 Å². The number of hydrogen-bond donors (Lipinski definition) is 1. The highest BCUT2D eigenvalue weighted by atomic mass is 16.6. The lowest BCUT2D eigenvalue weighted by Crippen LogP contribution is -2.46. The van der Waals surface area contributed by atoms with E-state index in [0.29, 0.717) is 18.8 Å². The monoisotopic (exact) mass is 281 g/mol. The number of aryl methyl sites for hydroxylation is 1. The van der Waals surface area contributed by atoms with Crippen LogP contribution >= 0.6 is 0 Å². The Labute approximate surface area is 116 Å². The SMILES string of the molecule is CCn1cc([N+](=O)[O-])cc1C(=O)N1CCCCC1CO. The number of aromatic nitrogens is 1. The lowest BCUT2D eigenvalue weighted by Gasteiger charge is -2.34. The van der Waals surface area contributed by atoms with Gasteiger partial charge >= 0.3 is 0 Å². The summed E-state index contributed by atoms with van der Waals surface area (Å²) >= 11 is 0. The van der Waals surface area contributed by atoms with Gasteiger partial charge in [0.05, 0.1) is 23.8 Å². The lowest BCUT2D eigenvalue weighted by atomic mass is 10.0. The maximum absolute atomic E-state index is 12.6. The molecule has 1 unspecified atom stereocenters. The minimum absolute atomic E-state index is 0.0688. The molecule has 7 heteroatoms. The fraction of sp³-hybridized carbons (Fsp3) is 0.615. The predicted octanol–water partition coefficient (Wildman–Crippen LogP) is 1.40. The number of carbonyl (C=O) groups excluding carboxylic acids is 1. The van der Waals surface area contributed by atoms with Crippen molar-refractivity contribution in [1.29, 1.82) is 0 Å². The molecule has 1 aliphatic heterocycles. The summed E-state index contributed by atoms with van der Waals surface area (Å²) in [6.45, 7) is 2.85. The second-order valence-corrected chi connectivity index (χ2v) is 4.96. The summed E-state index contributed by atoms with van der Waals surface area (Å²) in [6.07, 6.45) is 4.05. The topological polar surface area (TPSA) is 88.6 Å². The second kappa shape index (κ2) is 6.04. The van der Waals surface area contributed by atoms with Crippen molar-refractivity contribution in [1.82, 2.24) is 9.47 Å². The Hall–Kier alpha value is -1.89. The molecule has 2 heterocycles. The van der Waals surface area contributed by atoms with Crippen LogP contribution in [0.3, 0.4) is 0 Å². The number of rotatable bonds is 4. The number of nitro groups is 1. The number of nitrogens with zero attached hydrogens (tertiary/aromatic N) is 3. The van der Waals surface area contributed by atoms with Crippen LogP contribution in [0.2, 0.25) is 0 Å². The molecule has 0 radical (unpaired) electrons. The third-order valence-electron chi connectivity index (χ3n) is 3.75. The molecule has 1 N–H and O–H groups in total. The Balaban J connectivity index is 2.29. The average molecular weight is 281 g/mol. The molecule has 0 aromatic carbocycles. The van der Waals surface area contributed by atoms with E-state index in [2.05, 4.69) is 0 Å². The average Bonchev–Trinajstić information content (AvgIpc) is 2.90. The summed E-state index contributed by atoms with van der Waals surface area (Å²) in [5.41, 5.74) is 0.243. The van der Waals surface area contributed by atoms with E-state index in [1.165, 1.54) is 12.3 Å². The highest BCUT2D eigenvalue weighted by molar-refractivity contribution is 5.94. The van der Waals surface area contributed by atoms with Crippen LogP contribution in [0.1, 0.15) is 36.7 Å². The normalized spacial score (nSPS) is 19.1. The summed E-state index contributed by atoms with van der Waals surface area (Å²) in [7, 11) is 0. The van der Waals surface area contributed by atoms with E-state index in [4.69, 9.17) is 0 Å². The number of aliphatic hydroxyl groups excluding tert-OH is 1. The summed E-state index contributed by atoms with van der Waals surface area (Å²) < 4.78 is 1.59. The largest absolute Gasteiger partial charge is 0.394 e. The number of hydrogen-bond acceptors (Lipinski definition) is 4. The molecule has 1 fully saturated rings. The maximum atomic E-state index is 12.6. The van der Waals surface area contributed by atoms with Crippen LogP contribution < -0.4 is 0 Å². The van der Waals surface area contributed by atoms with Crippen molar-refractivity contribution >= 4 is 11.6 Å². The Morgan fingerprint density at radius 1 is 1.55 bits per heavy atom. The summed E-state index contributed by atoms with van der Waals surface area (Å²) in [5.74, 6) is -0.237. The highest BCUT2D eigenvalue weighted by Crippen LogP contribution is 2.23. The fourth-order valence-electron chi connectivity index (χ4n) is 2.64. The molecule has 1 aliphatic rings. The molecular formula is C13H19N3O4. The quantitative estimate of drug-likeness (QED) is 0.667. The van der Waals surface area contributed by atoms with Gasteiger partial charge in [0.25, 0.3) is 11.6 Å². The number of amides is 1. The number of likely N-dealkylation sites (tertiary alicyclic amines) is 1. The minimum Gasteiger partial charge on any atom is -0.394 e. The van der Waals surface area contributed by atoms with Crippen molar-refractivity contribution < 1.29 is 14.8 Å². The van der Waals surface area contributed by atoms with Crippen LogP contribution in [0.15, 0.2) is 12.3 Å². The molecule has 1 saturated heterocycles. The minimum atomic E-state index is -0.497. The van der Waals surface area contributed by atoms with Gasteiger partial charge in [0.2, 0.25) is 0 Å². The molecule has 1 aromatic rings. The van der Waals surface area contributed by atoms with Crippen molar-refractivity contribution in [3.05, 3.63) is 28.1 Å². The van der Waals surface area contributed by atoms with Crippen LogP contribution in [0.4, 0.5) is 5.69 Å². The van der Waals surface area contributed by atoms with Gasteiger partial charge in [-0.15, -0.1) is 0 Å². The smallest absolute Gasteiger partial charge is 0.287 e. The Kier molecular flexibility index (Phi) is 4.39. The van der Waals surface area contributed by atoms with Gasteiger partial charge in [-0.1, -0.05) is 0 Å². The van der Waals surface area contributed by atoms with E-state index in [0.717, 1.165) is 19.3 Å². The zero-order valence-electron chi connectivity index (χ0n) is 11.5. The van der Waals surface area contributed by atoms with Crippen LogP contribution in [0.25, 0.3) is 0 Å². The Bertz CT molecular complexity index is 512. The van der Waals surface area contributed by atoms with Crippen molar-refractivity contribution in [3.63, 3.8) is 0 Å². The molecular weight excluding hydrogens is 262 g/mol. The van der Waals surface area contributed by atoms with Crippen molar-refractivity contribution in [2.24, 2.45) is 0 Å². The number of piperidine rings is 1. The molecule has 0 bridgehead atoms. The number of aliphatic hydroxyl groups is 1. The van der Waals surface area contributed by atoms with Gasteiger partial charge in [-0.25, -0.2) is 0 Å². The standard InChI is InChI=1S/C13H19N3O4/c1-2-14-8-11(16(19)20)7-12(14)13(18)15-6-4-3-5-10(15)9-17/h7-8,10,17H,2-6,9H2,1H3. The van der Waals surface area contributed by atoms with Crippen molar-refractivity contribution in [2.45, 2.75) is 38.8 Å². The van der Waals surface area contributed by atoms with Crippen LogP contribution in [-0.2, 0) is 6.54 Å². The molecule has 110 valence electrons. The molecule has 0 spiro atoms. The van der Waals surface area contributed by atoms with Crippen molar-refractivity contribution in [3.8, 4) is 0 Å². The van der Waals surface area contributed by atoms with Crippen molar-refractivity contribution in [2.75, 3.05) is 13.2 Å². The van der Waals surface area contributed by atoms with Gasteiger partial charge in [0.1, 0.15) is 5.69 Å². The molecule has 0 saturated carbocycles. The maximum Gasteiger partial charge on any atom is 0.287 e. The van der Waals surface area contributed by atoms with Gasteiger partial charge < -0.3 is 14.6 Å². The van der Waals surface area contributed by atoms with E-state index in [9.17, 15) is 20.0 Å². The molecule has 1 amide bonds. The van der Waals surface area contributed by atoms with E-state index in [-0.39, 0.29) is 24.2 Å². The van der Waals surface area contributed by atoms with Gasteiger partial charge in [-0.2, -0.15) is 0 Å². The third kappa shape index (κ3) is 2.67. The van der Waals surface area contributed by atoms with Gasteiger partial charge in [-0.3, -0.25) is 14.9 Å². The molecule has 1 atom stereocenters. The molecule has 7 nitrogen and oxygen atoms in total. The third-order valence-corrected chi connectivity index (χ3v) is 3.75. The molecule has 0 aliphatic carbocycles. The van der Waals surface area contributed by atoms with Crippen LogP contribution in [0, 0.1) is 10.1 Å². The first-order valence-electron chi connectivity index (χ1n) is 6.84. The molecule has 1 aromatic heterocycles. The summed E-state index contributed by atoms with van der Waals surface area (Å²) in [6, 6.07) is 1.13. The van der Waals surface area contributed by atoms with E-state index in [1.54, 1.807) is 9.47 Å². The van der Waals surface area contributed by atoms with E-state index in [1.807, 2.05) is 6.92 Å². The summed E-state index contributed by atoms with van der Waals surface area (Å²) in [5, 5.41) is 20.2. The van der Waals surface area contributed by atoms with Gasteiger partial charge in [-0.05, 0) is 26.2 Å². The molecule has 20 heavy (non-hydrogen) atoms. The first-order chi connectivity index (χ1) is 9.58. The first kappa shape index (κ1) is 14.5. The predicted molar refractivity (Wildman–Crippen MR) is 72.5 cm³/mol. The molecule has 2 rings (SSSR count). The van der Waals surface area contributed by atoms with Gasteiger partial charge in [0, 0.05) is 19.2 Å². The van der Waals surface area contributed by atoms with E-state index < -0.39 is 4.92 Å². The highest BCUT2D eigenvalue weighted by Gasteiger charge is 2.29. The van der Waals surface area contributed by atoms with E-state index >= 15 is 0 Å². The second-order valence-electron chi connectivity index (χ2n) is 4.96. The first-order valence-corrected chi connectivity index (χ1v) is 6.84. The summed E-state index contributed by atoms with van der Waals surface area (Å²) in [4.78, 5) is 24.5. The number of carbonyl (C=O) groups is 1. The zero-order chi connectivity index (χ0) is 14.7. The lowest BCUT2D eigenvalue weighted by molar-refractivity contribution is -0.384.